The number of aromatic nitrogens is 3. The van der Waals surface area contributed by atoms with Gasteiger partial charge in [-0.05, 0) is 19.1 Å². The van der Waals surface area contributed by atoms with Crippen LogP contribution in [-0.2, 0) is 9.53 Å². The van der Waals surface area contributed by atoms with Crippen LogP contribution in [0.25, 0.3) is 5.69 Å². The number of para-hydroxylation sites is 1. The first-order valence-electron chi connectivity index (χ1n) is 7.29. The zero-order valence-corrected chi connectivity index (χ0v) is 13.6. The van der Waals surface area contributed by atoms with Crippen LogP contribution >= 0.6 is 11.6 Å². The zero-order valence-electron chi connectivity index (χ0n) is 12.8. The first-order valence-corrected chi connectivity index (χ1v) is 7.67. The van der Waals surface area contributed by atoms with Crippen molar-refractivity contribution in [2.75, 3.05) is 19.8 Å². The average Bonchev–Trinajstić information content (AvgIpc) is 2.96. The molecule has 2 aromatic rings. The molecule has 1 atom stereocenters. The fourth-order valence-corrected chi connectivity index (χ4v) is 2.78. The summed E-state index contributed by atoms with van der Waals surface area (Å²) in [4.78, 5) is 25.3. The molecule has 1 aliphatic heterocycles. The number of carboxylic acid groups (broad SMARTS) is 1. The number of morpholine rings is 1. The van der Waals surface area contributed by atoms with Gasteiger partial charge in [-0.25, -0.2) is 9.48 Å². The minimum absolute atomic E-state index is 0.0429. The predicted molar refractivity (Wildman–Crippen MR) is 84.4 cm³/mol. The van der Waals surface area contributed by atoms with Gasteiger partial charge in [0.05, 0.1) is 29.6 Å². The molecule has 2 heterocycles. The Labute approximate surface area is 142 Å². The van der Waals surface area contributed by atoms with Crippen LogP contribution in [-0.4, -0.2) is 62.7 Å². The molecule has 8 nitrogen and oxygen atoms in total. The van der Waals surface area contributed by atoms with E-state index in [1.54, 1.807) is 31.2 Å². The van der Waals surface area contributed by atoms with E-state index >= 15 is 0 Å². The highest BCUT2D eigenvalue weighted by Gasteiger charge is 2.35. The number of carboxylic acids is 1. The second kappa shape index (κ2) is 6.58. The van der Waals surface area contributed by atoms with Crippen molar-refractivity contribution in [3.05, 3.63) is 40.7 Å². The molecule has 0 unspecified atom stereocenters. The van der Waals surface area contributed by atoms with E-state index in [0.717, 1.165) is 0 Å². The molecular formula is C15H15ClN4O4. The Balaban J connectivity index is 1.94. The Bertz CT molecular complexity index is 792. The summed E-state index contributed by atoms with van der Waals surface area (Å²) >= 11 is 6.15. The van der Waals surface area contributed by atoms with E-state index in [1.165, 1.54) is 9.58 Å². The maximum Gasteiger partial charge on any atom is 0.328 e. The van der Waals surface area contributed by atoms with Gasteiger partial charge in [-0.15, -0.1) is 5.10 Å². The molecule has 0 aliphatic carbocycles. The van der Waals surface area contributed by atoms with E-state index in [2.05, 4.69) is 10.3 Å². The van der Waals surface area contributed by atoms with Gasteiger partial charge in [0.25, 0.3) is 5.91 Å². The van der Waals surface area contributed by atoms with E-state index in [4.69, 9.17) is 16.3 Å². The molecule has 1 aromatic carbocycles. The number of ether oxygens (including phenoxy) is 1. The Morgan fingerprint density at radius 1 is 1.38 bits per heavy atom. The van der Waals surface area contributed by atoms with Crippen molar-refractivity contribution in [3.8, 4) is 5.69 Å². The van der Waals surface area contributed by atoms with Gasteiger partial charge >= 0.3 is 5.97 Å². The lowest BCUT2D eigenvalue weighted by molar-refractivity contribution is -0.147. The molecule has 1 aromatic heterocycles. The van der Waals surface area contributed by atoms with Crippen LogP contribution in [0.1, 0.15) is 16.2 Å². The highest BCUT2D eigenvalue weighted by molar-refractivity contribution is 6.32. The molecule has 1 amide bonds. The van der Waals surface area contributed by atoms with Crippen molar-refractivity contribution in [2.45, 2.75) is 13.0 Å². The summed E-state index contributed by atoms with van der Waals surface area (Å²) in [6.45, 7) is 2.12. The predicted octanol–water partition coefficient (Wildman–Crippen LogP) is 1.15. The van der Waals surface area contributed by atoms with Crippen molar-refractivity contribution in [1.29, 1.82) is 0 Å². The number of hydrogen-bond acceptors (Lipinski definition) is 5. The van der Waals surface area contributed by atoms with Gasteiger partial charge in [0.2, 0.25) is 0 Å². The summed E-state index contributed by atoms with van der Waals surface area (Å²) in [5.41, 5.74) is 1.19. The van der Waals surface area contributed by atoms with Crippen molar-refractivity contribution < 1.29 is 19.4 Å². The lowest BCUT2D eigenvalue weighted by Gasteiger charge is -2.32. The Hall–Kier alpha value is -2.45. The maximum atomic E-state index is 12.7. The molecule has 0 saturated carbocycles. The monoisotopic (exact) mass is 350 g/mol. The second-order valence-electron chi connectivity index (χ2n) is 5.31. The topological polar surface area (TPSA) is 97.6 Å². The molecule has 1 fully saturated rings. The highest BCUT2D eigenvalue weighted by Crippen LogP contribution is 2.22. The summed E-state index contributed by atoms with van der Waals surface area (Å²) in [5, 5.41) is 17.7. The SMILES string of the molecule is Cc1c(C(=O)N2CCOC[C@@H]2C(=O)O)nnn1-c1ccccc1Cl. The lowest BCUT2D eigenvalue weighted by atomic mass is 10.2. The number of rotatable bonds is 3. The van der Waals surface area contributed by atoms with Crippen molar-refractivity contribution >= 4 is 23.5 Å². The number of halogens is 1. The third kappa shape index (κ3) is 2.85. The summed E-state index contributed by atoms with van der Waals surface area (Å²) in [5.74, 6) is -1.60. The quantitative estimate of drug-likeness (QED) is 0.892. The largest absolute Gasteiger partial charge is 0.480 e. The van der Waals surface area contributed by atoms with Crippen LogP contribution in [0.5, 0.6) is 0 Å². The number of carbonyl (C=O) groups excluding carboxylic acids is 1. The summed E-state index contributed by atoms with van der Waals surface area (Å²) < 4.78 is 6.61. The van der Waals surface area contributed by atoms with Crippen LogP contribution in [0.2, 0.25) is 5.02 Å². The van der Waals surface area contributed by atoms with Crippen LogP contribution < -0.4 is 0 Å². The number of benzene rings is 1. The molecule has 9 heteroatoms. The second-order valence-corrected chi connectivity index (χ2v) is 5.72. The maximum absolute atomic E-state index is 12.7. The number of nitrogens with zero attached hydrogens (tertiary/aromatic N) is 4. The van der Waals surface area contributed by atoms with E-state index in [0.29, 0.717) is 16.4 Å². The first-order chi connectivity index (χ1) is 11.5. The van der Waals surface area contributed by atoms with Gasteiger partial charge < -0.3 is 14.7 Å². The molecule has 1 N–H and O–H groups in total. The summed E-state index contributed by atoms with van der Waals surface area (Å²) in [7, 11) is 0. The fraction of sp³-hybridized carbons (Fsp3) is 0.333. The van der Waals surface area contributed by atoms with Gasteiger partial charge in [0.15, 0.2) is 11.7 Å². The van der Waals surface area contributed by atoms with Gasteiger partial charge in [0.1, 0.15) is 0 Å². The smallest absolute Gasteiger partial charge is 0.328 e. The van der Waals surface area contributed by atoms with Gasteiger partial charge in [-0.1, -0.05) is 28.9 Å². The molecule has 0 bridgehead atoms. The Morgan fingerprint density at radius 2 is 2.12 bits per heavy atom. The van der Waals surface area contributed by atoms with Crippen molar-refractivity contribution in [2.24, 2.45) is 0 Å². The number of aliphatic carboxylic acids is 1. The van der Waals surface area contributed by atoms with E-state index < -0.39 is 17.9 Å². The molecule has 0 spiro atoms. The average molecular weight is 351 g/mol. The minimum Gasteiger partial charge on any atom is -0.480 e. The van der Waals surface area contributed by atoms with Crippen LogP contribution in [0, 0.1) is 6.92 Å². The third-order valence-corrected chi connectivity index (χ3v) is 4.17. The number of carbonyl (C=O) groups is 2. The first kappa shape index (κ1) is 16.4. The summed E-state index contributed by atoms with van der Waals surface area (Å²) in [6, 6.07) is 6.02. The highest BCUT2D eigenvalue weighted by atomic mass is 35.5. The standard InChI is InChI=1S/C15H15ClN4O4/c1-9-13(14(21)19-6-7-24-8-12(19)15(22)23)17-18-20(9)11-5-3-2-4-10(11)16/h2-5,12H,6-8H2,1H3,(H,22,23)/t12-/m1/s1. The molecule has 3 rings (SSSR count). The summed E-state index contributed by atoms with van der Waals surface area (Å²) in [6.07, 6.45) is 0. The van der Waals surface area contributed by atoms with Gasteiger partial charge in [-0.2, -0.15) is 0 Å². The van der Waals surface area contributed by atoms with Crippen LogP contribution in [0.4, 0.5) is 0 Å². The Morgan fingerprint density at radius 3 is 2.83 bits per heavy atom. The van der Waals surface area contributed by atoms with Crippen molar-refractivity contribution in [3.63, 3.8) is 0 Å². The molecule has 0 radical (unpaired) electrons. The fourth-order valence-electron chi connectivity index (χ4n) is 2.57. The van der Waals surface area contributed by atoms with Crippen molar-refractivity contribution in [1.82, 2.24) is 19.9 Å². The number of hydrogen-bond donors (Lipinski definition) is 1. The minimum atomic E-state index is -1.11. The van der Waals surface area contributed by atoms with E-state index in [1.807, 2.05) is 0 Å². The molecular weight excluding hydrogens is 336 g/mol. The normalized spacial score (nSPS) is 17.8. The lowest BCUT2D eigenvalue weighted by Crippen LogP contribution is -2.52. The van der Waals surface area contributed by atoms with Crippen LogP contribution in [0.15, 0.2) is 24.3 Å². The molecule has 1 aliphatic rings. The molecule has 126 valence electrons. The van der Waals surface area contributed by atoms with E-state index in [-0.39, 0.29) is 25.5 Å². The molecule has 24 heavy (non-hydrogen) atoms. The molecule has 1 saturated heterocycles. The Kier molecular flexibility index (Phi) is 4.50. The van der Waals surface area contributed by atoms with Gasteiger partial charge in [-0.3, -0.25) is 4.79 Å². The van der Waals surface area contributed by atoms with Gasteiger partial charge in [0, 0.05) is 6.54 Å². The third-order valence-electron chi connectivity index (χ3n) is 3.85. The van der Waals surface area contributed by atoms with E-state index in [9.17, 15) is 14.7 Å². The zero-order chi connectivity index (χ0) is 17.3. The number of amides is 1. The van der Waals surface area contributed by atoms with Crippen LogP contribution in [0.3, 0.4) is 0 Å².